The lowest BCUT2D eigenvalue weighted by Gasteiger charge is -2.27. The van der Waals surface area contributed by atoms with Gasteiger partial charge >= 0.3 is 5.97 Å². The van der Waals surface area contributed by atoms with Crippen molar-refractivity contribution < 1.29 is 13.9 Å². The number of dihydropyridines is 1. The molecule has 0 aromatic heterocycles. The molecule has 1 N–H and O–H groups in total. The van der Waals surface area contributed by atoms with Crippen LogP contribution >= 0.6 is 23.2 Å². The summed E-state index contributed by atoms with van der Waals surface area (Å²) in [4.78, 5) is 12.6. The molecule has 0 saturated carbocycles. The van der Waals surface area contributed by atoms with Gasteiger partial charge in [-0.15, -0.1) is 0 Å². The van der Waals surface area contributed by atoms with Gasteiger partial charge in [0, 0.05) is 21.8 Å². The van der Waals surface area contributed by atoms with Gasteiger partial charge in [0.1, 0.15) is 5.82 Å². The maximum Gasteiger partial charge on any atom is 0.336 e. The van der Waals surface area contributed by atoms with E-state index in [1.807, 2.05) is 0 Å². The molecule has 27 heavy (non-hydrogen) atoms. The highest BCUT2D eigenvalue weighted by Gasteiger charge is 2.35. The van der Waals surface area contributed by atoms with Crippen molar-refractivity contribution in [3.05, 3.63) is 86.8 Å². The van der Waals surface area contributed by atoms with E-state index in [0.717, 1.165) is 0 Å². The van der Waals surface area contributed by atoms with Crippen LogP contribution in [0.15, 0.2) is 59.8 Å². The van der Waals surface area contributed by atoms with E-state index in [-0.39, 0.29) is 27.4 Å². The van der Waals surface area contributed by atoms with E-state index in [1.54, 1.807) is 24.3 Å². The minimum atomic E-state index is -0.830. The number of nitriles is 1. The van der Waals surface area contributed by atoms with Crippen LogP contribution in [-0.4, -0.2) is 13.1 Å². The summed E-state index contributed by atoms with van der Waals surface area (Å²) in [6.07, 6.45) is 1.43. The molecule has 0 amide bonds. The van der Waals surface area contributed by atoms with E-state index in [1.165, 1.54) is 31.5 Å². The number of nitrogens with one attached hydrogen (secondary N) is 1. The van der Waals surface area contributed by atoms with Crippen LogP contribution in [-0.2, 0) is 9.53 Å². The molecule has 1 aliphatic rings. The highest BCUT2D eigenvalue weighted by atomic mass is 35.5. The van der Waals surface area contributed by atoms with E-state index in [0.29, 0.717) is 10.6 Å². The van der Waals surface area contributed by atoms with Gasteiger partial charge in [0.05, 0.1) is 35.9 Å². The van der Waals surface area contributed by atoms with E-state index in [4.69, 9.17) is 27.9 Å². The van der Waals surface area contributed by atoms with Crippen LogP contribution in [0.5, 0.6) is 0 Å². The average molecular weight is 403 g/mol. The summed E-state index contributed by atoms with van der Waals surface area (Å²) in [5.74, 6) is -2.04. The van der Waals surface area contributed by atoms with Crippen molar-refractivity contribution in [2.45, 2.75) is 5.92 Å². The number of carbonyl (C=O) groups excluding carboxylic acids is 1. The molecule has 0 aliphatic carbocycles. The molecule has 0 radical (unpaired) electrons. The number of ether oxygens (including phenoxy) is 1. The van der Waals surface area contributed by atoms with Gasteiger partial charge in [-0.1, -0.05) is 41.4 Å². The van der Waals surface area contributed by atoms with Gasteiger partial charge in [0.15, 0.2) is 0 Å². The lowest BCUT2D eigenvalue weighted by atomic mass is 9.81. The third kappa shape index (κ3) is 3.55. The summed E-state index contributed by atoms with van der Waals surface area (Å²) in [6.45, 7) is 0. The molecule has 3 rings (SSSR count). The molecular formula is C20H13Cl2FN2O2. The molecule has 4 nitrogen and oxygen atoms in total. The predicted octanol–water partition coefficient (Wildman–Crippen LogP) is 4.81. The van der Waals surface area contributed by atoms with Crippen molar-refractivity contribution in [2.24, 2.45) is 0 Å². The predicted molar refractivity (Wildman–Crippen MR) is 101 cm³/mol. The molecule has 0 saturated heterocycles. The quantitative estimate of drug-likeness (QED) is 0.748. The van der Waals surface area contributed by atoms with Crippen molar-refractivity contribution in [2.75, 3.05) is 7.11 Å². The zero-order valence-corrected chi connectivity index (χ0v) is 15.6. The van der Waals surface area contributed by atoms with Gasteiger partial charge in [-0.25, -0.2) is 9.18 Å². The Morgan fingerprint density at radius 2 is 2.00 bits per heavy atom. The number of methoxy groups -OCH3 is 1. The summed E-state index contributed by atoms with van der Waals surface area (Å²) in [5.41, 5.74) is 1.21. The van der Waals surface area contributed by atoms with Gasteiger partial charge in [0.25, 0.3) is 0 Å². The lowest BCUT2D eigenvalue weighted by molar-refractivity contribution is -0.136. The highest BCUT2D eigenvalue weighted by Crippen LogP contribution is 2.42. The largest absolute Gasteiger partial charge is 0.466 e. The summed E-state index contributed by atoms with van der Waals surface area (Å²) >= 11 is 12.3. The molecule has 2 aromatic rings. The van der Waals surface area contributed by atoms with Gasteiger partial charge < -0.3 is 10.1 Å². The Morgan fingerprint density at radius 3 is 2.63 bits per heavy atom. The zero-order valence-electron chi connectivity index (χ0n) is 14.1. The Hall–Kier alpha value is -2.81. The Labute approximate surface area is 165 Å². The van der Waals surface area contributed by atoms with Crippen molar-refractivity contribution in [3.63, 3.8) is 0 Å². The Kier molecular flexibility index (Phi) is 5.50. The summed E-state index contributed by atoms with van der Waals surface area (Å²) in [7, 11) is 1.22. The Bertz CT molecular complexity index is 1020. The average Bonchev–Trinajstić information content (AvgIpc) is 2.67. The molecule has 1 aliphatic heterocycles. The molecule has 136 valence electrons. The minimum Gasteiger partial charge on any atom is -0.466 e. The maximum absolute atomic E-state index is 14.4. The van der Waals surface area contributed by atoms with Crippen molar-refractivity contribution in [3.8, 4) is 6.07 Å². The minimum absolute atomic E-state index is 0.0888. The first-order valence-electron chi connectivity index (χ1n) is 7.87. The molecular weight excluding hydrogens is 390 g/mol. The van der Waals surface area contributed by atoms with Gasteiger partial charge in [-0.05, 0) is 29.8 Å². The van der Waals surface area contributed by atoms with Crippen molar-refractivity contribution in [1.29, 1.82) is 5.26 Å². The smallest absolute Gasteiger partial charge is 0.336 e. The SMILES string of the molecule is COC(=O)C1=C(c2ccccc2F)NC=C(C#N)C1c1ccc(Cl)cc1Cl. The number of allylic oxidation sites excluding steroid dienone is 1. The summed E-state index contributed by atoms with van der Waals surface area (Å²) in [5, 5.41) is 13.1. The highest BCUT2D eigenvalue weighted by molar-refractivity contribution is 6.35. The number of nitrogens with zero attached hydrogens (tertiary/aromatic N) is 1. The van der Waals surface area contributed by atoms with Gasteiger partial charge in [0.2, 0.25) is 0 Å². The Balaban J connectivity index is 2.30. The molecule has 7 heteroatoms. The van der Waals surface area contributed by atoms with Crippen molar-refractivity contribution >= 4 is 34.9 Å². The summed E-state index contributed by atoms with van der Waals surface area (Å²) in [6, 6.07) is 12.8. The molecule has 2 aromatic carbocycles. The molecule has 0 bridgehead atoms. The number of hydrogen-bond donors (Lipinski definition) is 1. The number of esters is 1. The maximum atomic E-state index is 14.4. The lowest BCUT2D eigenvalue weighted by Crippen LogP contribution is -2.26. The van der Waals surface area contributed by atoms with Gasteiger partial charge in [-0.2, -0.15) is 5.26 Å². The second-order valence-corrected chi connectivity index (χ2v) is 6.56. The topological polar surface area (TPSA) is 62.1 Å². The first-order valence-corrected chi connectivity index (χ1v) is 8.62. The van der Waals surface area contributed by atoms with Gasteiger partial charge in [-0.3, -0.25) is 0 Å². The molecule has 0 spiro atoms. The molecule has 1 atom stereocenters. The number of carbonyl (C=O) groups is 1. The van der Waals surface area contributed by atoms with Crippen LogP contribution < -0.4 is 5.32 Å². The fourth-order valence-corrected chi connectivity index (χ4v) is 3.50. The first-order chi connectivity index (χ1) is 13.0. The fraction of sp³-hybridized carbons (Fsp3) is 0.100. The van der Waals surface area contributed by atoms with E-state index in [9.17, 15) is 14.4 Å². The molecule has 0 fully saturated rings. The second kappa shape index (κ2) is 7.83. The first kappa shape index (κ1) is 19.0. The van der Waals surface area contributed by atoms with Crippen LogP contribution in [0.25, 0.3) is 5.70 Å². The van der Waals surface area contributed by atoms with Crippen LogP contribution in [0.2, 0.25) is 10.0 Å². The van der Waals surface area contributed by atoms with E-state index in [2.05, 4.69) is 11.4 Å². The summed E-state index contributed by atoms with van der Waals surface area (Å²) < 4.78 is 19.3. The van der Waals surface area contributed by atoms with E-state index < -0.39 is 17.7 Å². The zero-order chi connectivity index (χ0) is 19.6. The molecule has 1 heterocycles. The molecule has 1 unspecified atom stereocenters. The number of hydrogen-bond acceptors (Lipinski definition) is 4. The third-order valence-corrected chi connectivity index (χ3v) is 4.75. The fourth-order valence-electron chi connectivity index (χ4n) is 2.98. The Morgan fingerprint density at radius 1 is 1.26 bits per heavy atom. The normalized spacial score (nSPS) is 16.3. The number of halogens is 3. The monoisotopic (exact) mass is 402 g/mol. The standard InChI is InChI=1S/C20H13Cl2FN2O2/c1-27-20(26)18-17(13-7-6-12(21)8-15(13)22)11(9-24)10-25-19(18)14-4-2-3-5-16(14)23/h2-8,10,17,25H,1H3. The van der Waals surface area contributed by atoms with Crippen LogP contribution in [0.3, 0.4) is 0 Å². The second-order valence-electron chi connectivity index (χ2n) is 5.71. The number of rotatable bonds is 3. The van der Waals surface area contributed by atoms with E-state index >= 15 is 0 Å². The van der Waals surface area contributed by atoms with Crippen LogP contribution in [0, 0.1) is 17.1 Å². The van der Waals surface area contributed by atoms with Crippen molar-refractivity contribution in [1.82, 2.24) is 5.32 Å². The van der Waals surface area contributed by atoms with Crippen LogP contribution in [0.4, 0.5) is 4.39 Å². The number of benzene rings is 2. The van der Waals surface area contributed by atoms with Crippen LogP contribution in [0.1, 0.15) is 17.0 Å². The third-order valence-electron chi connectivity index (χ3n) is 4.19.